The fourth-order valence-corrected chi connectivity index (χ4v) is 6.22. The van der Waals surface area contributed by atoms with Gasteiger partial charge >= 0.3 is 0 Å². The highest BCUT2D eigenvalue weighted by Crippen LogP contribution is 2.31. The van der Waals surface area contributed by atoms with Crippen molar-refractivity contribution >= 4 is 11.3 Å². The minimum Gasteiger partial charge on any atom is -0.365 e. The van der Waals surface area contributed by atoms with Gasteiger partial charge in [-0.3, -0.25) is 5.10 Å². The first-order valence-electron chi connectivity index (χ1n) is 15.0. The number of nitrogens with one attached hydrogen (secondary N) is 2. The molecule has 1 fully saturated rings. The van der Waals surface area contributed by atoms with Crippen molar-refractivity contribution in [1.29, 1.82) is 0 Å². The summed E-state index contributed by atoms with van der Waals surface area (Å²) in [4.78, 5) is 8.03. The first kappa shape index (κ1) is 29.6. The fraction of sp³-hybridized carbons (Fsp3) is 0.265. The molecule has 1 aliphatic rings. The lowest BCUT2D eigenvalue weighted by Gasteiger charge is -2.34. The Hall–Kier alpha value is -4.51. The minimum atomic E-state index is -0.00260. The number of ether oxygens (including phenoxy) is 1. The van der Waals surface area contributed by atoms with E-state index in [0.29, 0.717) is 6.10 Å². The largest absolute Gasteiger partial charge is 0.365 e. The number of thiazole rings is 1. The predicted molar refractivity (Wildman–Crippen MR) is 173 cm³/mol. The van der Waals surface area contributed by atoms with E-state index in [4.69, 9.17) is 4.74 Å². The molecule has 44 heavy (non-hydrogen) atoms. The van der Waals surface area contributed by atoms with E-state index in [0.717, 1.165) is 72.3 Å². The minimum absolute atomic E-state index is 0.00260. The van der Waals surface area contributed by atoms with Crippen molar-refractivity contribution in [1.82, 2.24) is 40.7 Å². The van der Waals surface area contributed by atoms with E-state index >= 15 is 0 Å². The Morgan fingerprint density at radius 1 is 0.864 bits per heavy atom. The van der Waals surface area contributed by atoms with Crippen LogP contribution in [0.3, 0.4) is 0 Å². The van der Waals surface area contributed by atoms with Crippen LogP contribution in [-0.2, 0) is 11.2 Å². The molecule has 9 nitrogen and oxygen atoms in total. The number of H-pyrrole nitrogens is 2. The van der Waals surface area contributed by atoms with Gasteiger partial charge in [0.1, 0.15) is 11.1 Å². The summed E-state index contributed by atoms with van der Waals surface area (Å²) in [5, 5.41) is 22.1. The molecule has 0 radical (unpaired) electrons. The van der Waals surface area contributed by atoms with Crippen LogP contribution in [0.5, 0.6) is 0 Å². The summed E-state index contributed by atoms with van der Waals surface area (Å²) in [7, 11) is 0. The van der Waals surface area contributed by atoms with Crippen molar-refractivity contribution in [3.63, 3.8) is 0 Å². The third-order valence-electron chi connectivity index (χ3n) is 7.62. The van der Waals surface area contributed by atoms with Crippen molar-refractivity contribution in [2.75, 3.05) is 19.6 Å². The number of likely N-dealkylation sites (tertiary alicyclic amines) is 1. The van der Waals surface area contributed by atoms with Gasteiger partial charge in [0.2, 0.25) is 0 Å². The normalized spacial score (nSPS) is 13.9. The van der Waals surface area contributed by atoms with Crippen LogP contribution in [0.1, 0.15) is 42.3 Å². The molecule has 0 aliphatic carbocycles. The molecule has 0 spiro atoms. The third kappa shape index (κ3) is 8.10. The van der Waals surface area contributed by atoms with Gasteiger partial charge in [-0.25, -0.2) is 4.98 Å². The van der Waals surface area contributed by atoms with E-state index in [1.165, 1.54) is 11.1 Å². The summed E-state index contributed by atoms with van der Waals surface area (Å²) in [6.45, 7) is 3.22. The Morgan fingerprint density at radius 3 is 2.16 bits per heavy atom. The maximum Gasteiger partial charge on any atom is 0.174 e. The molecule has 10 heteroatoms. The highest BCUT2D eigenvalue weighted by Gasteiger charge is 2.24. The van der Waals surface area contributed by atoms with Crippen LogP contribution in [0.2, 0.25) is 0 Å². The molecule has 3 aromatic heterocycles. The number of rotatable bonds is 10. The molecular weight excluding hydrogens is 568 g/mol. The quantitative estimate of drug-likeness (QED) is 0.181. The lowest BCUT2D eigenvalue weighted by molar-refractivity contribution is -0.0270. The van der Waals surface area contributed by atoms with Gasteiger partial charge in [0, 0.05) is 37.5 Å². The maximum absolute atomic E-state index is 6.62. The zero-order valence-electron chi connectivity index (χ0n) is 24.5. The second-order valence-electron chi connectivity index (χ2n) is 10.7. The topological polar surface area (TPSA) is 109 Å². The van der Waals surface area contributed by atoms with Crippen molar-refractivity contribution in [3.8, 4) is 21.1 Å². The number of aromatic amines is 2. The molecular formula is C34H36N8OS. The second-order valence-corrected chi connectivity index (χ2v) is 11.7. The second kappa shape index (κ2) is 15.3. The first-order valence-corrected chi connectivity index (χ1v) is 15.8. The van der Waals surface area contributed by atoms with E-state index < -0.39 is 0 Å². The SMILES string of the molecule is c1ccc(-c2ncc(-c3ccn[nH]3)s2)cc1.c1ccc(C(OC2CCN(CCCc3nn[nH]n3)CC2)c2ccccc2)cc1. The molecule has 4 heterocycles. The van der Waals surface area contributed by atoms with E-state index in [1.54, 1.807) is 17.5 Å². The fourth-order valence-electron chi connectivity index (χ4n) is 5.32. The Labute approximate surface area is 261 Å². The summed E-state index contributed by atoms with van der Waals surface area (Å²) >= 11 is 1.66. The van der Waals surface area contributed by atoms with Gasteiger partial charge in [-0.15, -0.1) is 21.5 Å². The van der Waals surface area contributed by atoms with Crippen molar-refractivity contribution in [2.24, 2.45) is 0 Å². The van der Waals surface area contributed by atoms with Crippen molar-refractivity contribution < 1.29 is 4.74 Å². The lowest BCUT2D eigenvalue weighted by Crippen LogP contribution is -2.38. The number of hydrogen-bond donors (Lipinski definition) is 2. The van der Waals surface area contributed by atoms with E-state index in [1.807, 2.05) is 30.5 Å². The molecule has 0 atom stereocenters. The Bertz CT molecular complexity index is 1580. The molecule has 1 saturated heterocycles. The van der Waals surface area contributed by atoms with Crippen molar-refractivity contribution in [2.45, 2.75) is 37.9 Å². The molecule has 1 aliphatic heterocycles. The molecule has 224 valence electrons. The van der Waals surface area contributed by atoms with Gasteiger partial charge < -0.3 is 9.64 Å². The van der Waals surface area contributed by atoms with E-state index in [2.05, 4.69) is 114 Å². The first-order chi connectivity index (χ1) is 21.8. The predicted octanol–water partition coefficient (Wildman–Crippen LogP) is 6.60. The van der Waals surface area contributed by atoms with Crippen LogP contribution in [-0.4, -0.2) is 66.4 Å². The Morgan fingerprint density at radius 2 is 1.55 bits per heavy atom. The zero-order chi connectivity index (χ0) is 29.8. The summed E-state index contributed by atoms with van der Waals surface area (Å²) in [5.74, 6) is 0.798. The smallest absolute Gasteiger partial charge is 0.174 e. The molecule has 2 N–H and O–H groups in total. The number of nitrogens with zero attached hydrogens (tertiary/aromatic N) is 6. The van der Waals surface area contributed by atoms with Crippen LogP contribution in [0.4, 0.5) is 0 Å². The van der Waals surface area contributed by atoms with E-state index in [9.17, 15) is 0 Å². The average Bonchev–Trinajstić information content (AvgIpc) is 3.90. The van der Waals surface area contributed by atoms with Crippen molar-refractivity contribution in [3.05, 3.63) is 126 Å². The number of tetrazole rings is 1. The van der Waals surface area contributed by atoms with Crippen LogP contribution in [0.25, 0.3) is 21.1 Å². The molecule has 0 bridgehead atoms. The van der Waals surface area contributed by atoms with Gasteiger partial charge in [-0.2, -0.15) is 10.3 Å². The number of aryl methyl sites for hydroxylation is 1. The van der Waals surface area contributed by atoms with Crippen LogP contribution in [0, 0.1) is 0 Å². The monoisotopic (exact) mass is 604 g/mol. The van der Waals surface area contributed by atoms with Crippen LogP contribution < -0.4 is 0 Å². The molecule has 7 rings (SSSR count). The number of aromatic nitrogens is 7. The molecule has 0 saturated carbocycles. The standard InChI is InChI=1S/C22H27N5O.C12H9N3S/c1-3-8-18(9-4-1)22(19-10-5-2-6-11-19)28-20-13-16-27(17-14-20)15-7-12-21-23-25-26-24-21;1-2-4-9(5-3-1)12-13-8-11(16-12)10-6-7-14-15-10/h1-6,8-11,20,22H,7,12-17H2,(H,23,24,25,26);1-8H,(H,14,15). The Kier molecular flexibility index (Phi) is 10.3. The molecule has 0 unspecified atom stereocenters. The lowest BCUT2D eigenvalue weighted by atomic mass is 10.00. The number of piperidine rings is 1. The van der Waals surface area contributed by atoms with Gasteiger partial charge in [0.05, 0.1) is 16.7 Å². The van der Waals surface area contributed by atoms with Crippen LogP contribution >= 0.6 is 11.3 Å². The molecule has 0 amide bonds. The summed E-state index contributed by atoms with van der Waals surface area (Å²) in [5.41, 5.74) is 4.60. The van der Waals surface area contributed by atoms with Gasteiger partial charge in [0.15, 0.2) is 5.82 Å². The van der Waals surface area contributed by atoms with Crippen LogP contribution in [0.15, 0.2) is 109 Å². The van der Waals surface area contributed by atoms with Gasteiger partial charge in [0.25, 0.3) is 0 Å². The highest BCUT2D eigenvalue weighted by molar-refractivity contribution is 7.18. The average molecular weight is 605 g/mol. The zero-order valence-corrected chi connectivity index (χ0v) is 25.3. The summed E-state index contributed by atoms with van der Waals surface area (Å²) in [6, 6.07) is 33.2. The molecule has 3 aromatic carbocycles. The van der Waals surface area contributed by atoms with E-state index in [-0.39, 0.29) is 6.10 Å². The summed E-state index contributed by atoms with van der Waals surface area (Å²) < 4.78 is 6.62. The number of hydrogen-bond acceptors (Lipinski definition) is 8. The maximum atomic E-state index is 6.62. The summed E-state index contributed by atoms with van der Waals surface area (Å²) in [6.07, 6.45) is 7.98. The van der Waals surface area contributed by atoms with Gasteiger partial charge in [-0.05, 0) is 43.0 Å². The third-order valence-corrected chi connectivity index (χ3v) is 8.70. The molecule has 6 aromatic rings. The number of benzene rings is 3. The highest BCUT2D eigenvalue weighted by atomic mass is 32.1. The Balaban J connectivity index is 0.000000181. The van der Waals surface area contributed by atoms with Gasteiger partial charge in [-0.1, -0.05) is 96.2 Å².